The second-order valence-electron chi connectivity index (χ2n) is 7.94. The Morgan fingerprint density at radius 3 is 1.83 bits per heavy atom. The number of nitrogens with one attached hydrogen (secondary N) is 3. The summed E-state index contributed by atoms with van der Waals surface area (Å²) in [5.74, 6) is -0.120. The first kappa shape index (κ1) is 25.8. The molecule has 0 spiro atoms. The van der Waals surface area contributed by atoms with Gasteiger partial charge in [0.1, 0.15) is 0 Å². The zero-order chi connectivity index (χ0) is 25.8. The standard InChI is InChI=1S/C26H30N8O2/c27-24(28)31-15-19-7-5-9-21(13-19)17-33-26(36)34-25(29)32-16-20-8-4-6-18(12-20)14-30-23(35)22-10-2-1-3-11-22/h1-13H,14-17H2,(H,30,35)(H4,27,28,31)(H4,29,32,33,34,36). The molecule has 0 atom stereocenters. The van der Waals surface area contributed by atoms with Gasteiger partial charge in [-0.25, -0.2) is 14.8 Å². The minimum absolute atomic E-state index is 0.00297. The van der Waals surface area contributed by atoms with Gasteiger partial charge in [0.15, 0.2) is 11.9 Å². The summed E-state index contributed by atoms with van der Waals surface area (Å²) in [5, 5.41) is 8.14. The molecule has 0 bridgehead atoms. The van der Waals surface area contributed by atoms with Crippen LogP contribution in [-0.2, 0) is 26.2 Å². The lowest BCUT2D eigenvalue weighted by Crippen LogP contribution is -2.43. The van der Waals surface area contributed by atoms with E-state index < -0.39 is 6.03 Å². The van der Waals surface area contributed by atoms with E-state index in [0.717, 1.165) is 22.3 Å². The summed E-state index contributed by atoms with van der Waals surface area (Å²) in [5.41, 5.74) is 20.8. The van der Waals surface area contributed by atoms with Crippen molar-refractivity contribution in [1.29, 1.82) is 0 Å². The molecule has 9 N–H and O–H groups in total. The summed E-state index contributed by atoms with van der Waals surface area (Å²) >= 11 is 0. The van der Waals surface area contributed by atoms with E-state index in [1.54, 1.807) is 12.1 Å². The van der Waals surface area contributed by atoms with Crippen LogP contribution in [0.25, 0.3) is 0 Å². The number of nitrogens with zero attached hydrogens (tertiary/aromatic N) is 2. The van der Waals surface area contributed by atoms with Gasteiger partial charge in [0, 0.05) is 18.7 Å². The minimum atomic E-state index is -0.469. The molecule has 3 aromatic rings. The Labute approximate surface area is 209 Å². The highest BCUT2D eigenvalue weighted by Crippen LogP contribution is 2.08. The predicted octanol–water partition coefficient (Wildman–Crippen LogP) is 1.70. The highest BCUT2D eigenvalue weighted by molar-refractivity contribution is 5.95. The number of hydrogen-bond acceptors (Lipinski definition) is 4. The molecule has 0 radical (unpaired) electrons. The highest BCUT2D eigenvalue weighted by Gasteiger charge is 2.06. The Kier molecular flexibility index (Phi) is 9.40. The van der Waals surface area contributed by atoms with Gasteiger partial charge in [-0.15, -0.1) is 0 Å². The number of guanidine groups is 2. The Bertz CT molecular complexity index is 1240. The molecule has 0 saturated carbocycles. The van der Waals surface area contributed by atoms with E-state index in [1.165, 1.54) is 0 Å². The van der Waals surface area contributed by atoms with Crippen molar-refractivity contribution < 1.29 is 9.59 Å². The van der Waals surface area contributed by atoms with Gasteiger partial charge < -0.3 is 27.8 Å². The second kappa shape index (κ2) is 13.1. The van der Waals surface area contributed by atoms with Crippen molar-refractivity contribution in [3.8, 4) is 0 Å². The molecule has 3 aromatic carbocycles. The van der Waals surface area contributed by atoms with E-state index in [4.69, 9.17) is 17.2 Å². The van der Waals surface area contributed by atoms with E-state index in [9.17, 15) is 9.59 Å². The van der Waals surface area contributed by atoms with Crippen molar-refractivity contribution in [2.24, 2.45) is 27.2 Å². The van der Waals surface area contributed by atoms with Gasteiger partial charge in [-0.05, 0) is 34.4 Å². The molecule has 0 fully saturated rings. The first-order valence-electron chi connectivity index (χ1n) is 11.3. The molecule has 0 aliphatic carbocycles. The summed E-state index contributed by atoms with van der Waals surface area (Å²) < 4.78 is 0. The van der Waals surface area contributed by atoms with Crippen molar-refractivity contribution in [3.63, 3.8) is 0 Å². The number of carbonyl (C=O) groups is 2. The fraction of sp³-hybridized carbons (Fsp3) is 0.154. The smallest absolute Gasteiger partial charge is 0.321 e. The van der Waals surface area contributed by atoms with Gasteiger partial charge in [0.25, 0.3) is 5.91 Å². The number of urea groups is 1. The Hall–Kier alpha value is -4.86. The SMILES string of the molecule is NC(N)=NCc1cccc(CNC(=O)NC(N)=NCc2cccc(CNC(=O)c3ccccc3)c2)c1. The maximum Gasteiger partial charge on any atom is 0.321 e. The summed E-state index contributed by atoms with van der Waals surface area (Å²) in [6.45, 7) is 1.32. The number of amides is 3. The molecule has 0 unspecified atom stereocenters. The molecule has 10 nitrogen and oxygen atoms in total. The Morgan fingerprint density at radius 2 is 1.22 bits per heavy atom. The molecule has 186 valence electrons. The molecule has 36 heavy (non-hydrogen) atoms. The molecule has 3 rings (SSSR count). The van der Waals surface area contributed by atoms with E-state index in [2.05, 4.69) is 25.9 Å². The van der Waals surface area contributed by atoms with Crippen LogP contribution in [-0.4, -0.2) is 23.9 Å². The maximum absolute atomic E-state index is 12.2. The highest BCUT2D eigenvalue weighted by atomic mass is 16.2. The summed E-state index contributed by atoms with van der Waals surface area (Å²) in [6.07, 6.45) is 0. The first-order valence-corrected chi connectivity index (χ1v) is 11.3. The molecule has 10 heteroatoms. The molecular formula is C26H30N8O2. The lowest BCUT2D eigenvalue weighted by molar-refractivity contribution is 0.0951. The van der Waals surface area contributed by atoms with E-state index >= 15 is 0 Å². The number of hydrogen-bond donors (Lipinski definition) is 6. The van der Waals surface area contributed by atoms with Crippen LogP contribution in [0.1, 0.15) is 32.6 Å². The van der Waals surface area contributed by atoms with E-state index in [1.807, 2.05) is 66.7 Å². The van der Waals surface area contributed by atoms with Crippen molar-refractivity contribution >= 4 is 23.9 Å². The van der Waals surface area contributed by atoms with Crippen LogP contribution in [0.4, 0.5) is 4.79 Å². The van der Waals surface area contributed by atoms with Crippen LogP contribution in [0.3, 0.4) is 0 Å². The number of nitrogens with two attached hydrogens (primary N) is 3. The molecule has 0 saturated heterocycles. The first-order chi connectivity index (χ1) is 17.4. The van der Waals surface area contributed by atoms with Crippen molar-refractivity contribution in [2.45, 2.75) is 26.2 Å². The van der Waals surface area contributed by atoms with Crippen molar-refractivity contribution in [1.82, 2.24) is 16.0 Å². The topological polar surface area (TPSA) is 173 Å². The van der Waals surface area contributed by atoms with Crippen LogP contribution in [0, 0.1) is 0 Å². The summed E-state index contributed by atoms with van der Waals surface area (Å²) in [6, 6.07) is 23.7. The largest absolute Gasteiger partial charge is 0.370 e. The molecule has 3 amide bonds. The molecular weight excluding hydrogens is 456 g/mol. The van der Waals surface area contributed by atoms with Gasteiger partial charge in [0.2, 0.25) is 0 Å². The van der Waals surface area contributed by atoms with Crippen LogP contribution in [0.15, 0.2) is 88.8 Å². The van der Waals surface area contributed by atoms with E-state index in [-0.39, 0.29) is 24.4 Å². The van der Waals surface area contributed by atoms with Crippen LogP contribution in [0.5, 0.6) is 0 Å². The van der Waals surface area contributed by atoms with Crippen LogP contribution >= 0.6 is 0 Å². The van der Waals surface area contributed by atoms with Crippen LogP contribution < -0.4 is 33.2 Å². The molecule has 0 aromatic heterocycles. The zero-order valence-corrected chi connectivity index (χ0v) is 19.8. The number of rotatable bonds is 9. The maximum atomic E-state index is 12.2. The average Bonchev–Trinajstić information content (AvgIpc) is 2.89. The summed E-state index contributed by atoms with van der Waals surface area (Å²) in [4.78, 5) is 32.6. The normalized spacial score (nSPS) is 10.8. The molecule has 0 aliphatic rings. The Morgan fingerprint density at radius 1 is 0.667 bits per heavy atom. The minimum Gasteiger partial charge on any atom is -0.370 e. The quantitative estimate of drug-likeness (QED) is 0.199. The monoisotopic (exact) mass is 486 g/mol. The number of carbonyl (C=O) groups excluding carboxylic acids is 2. The number of aliphatic imine (C=N–C) groups is 2. The second-order valence-corrected chi connectivity index (χ2v) is 7.94. The average molecular weight is 487 g/mol. The lowest BCUT2D eigenvalue weighted by atomic mass is 10.1. The third-order valence-electron chi connectivity index (χ3n) is 5.04. The molecule has 0 heterocycles. The summed E-state index contributed by atoms with van der Waals surface area (Å²) in [7, 11) is 0. The lowest BCUT2D eigenvalue weighted by Gasteiger charge is -2.09. The Balaban J connectivity index is 1.45. The van der Waals surface area contributed by atoms with Gasteiger partial charge >= 0.3 is 6.03 Å². The van der Waals surface area contributed by atoms with Crippen molar-refractivity contribution in [3.05, 3.63) is 107 Å². The third kappa shape index (κ3) is 8.82. The van der Waals surface area contributed by atoms with Gasteiger partial charge in [0.05, 0.1) is 13.1 Å². The van der Waals surface area contributed by atoms with E-state index in [0.29, 0.717) is 25.2 Å². The van der Waals surface area contributed by atoms with Gasteiger partial charge in [-0.3, -0.25) is 10.1 Å². The zero-order valence-electron chi connectivity index (χ0n) is 19.8. The predicted molar refractivity (Wildman–Crippen MR) is 141 cm³/mol. The fourth-order valence-electron chi connectivity index (χ4n) is 3.29. The van der Waals surface area contributed by atoms with Gasteiger partial charge in [-0.2, -0.15) is 0 Å². The third-order valence-corrected chi connectivity index (χ3v) is 5.04. The number of benzene rings is 3. The van der Waals surface area contributed by atoms with Gasteiger partial charge in [-0.1, -0.05) is 66.7 Å². The molecule has 0 aliphatic heterocycles. The van der Waals surface area contributed by atoms with Crippen molar-refractivity contribution in [2.75, 3.05) is 0 Å². The fourth-order valence-corrected chi connectivity index (χ4v) is 3.29. The van der Waals surface area contributed by atoms with Crippen LogP contribution in [0.2, 0.25) is 0 Å².